The Bertz CT molecular complexity index is 1500. The highest BCUT2D eigenvalue weighted by Gasteiger charge is 2.69. The molecule has 0 saturated heterocycles. The molecule has 0 aliphatic heterocycles. The van der Waals surface area contributed by atoms with Gasteiger partial charge in [-0.05, 0) is 116 Å². The van der Waals surface area contributed by atoms with Gasteiger partial charge in [0.25, 0.3) is 0 Å². The minimum atomic E-state index is -1.04. The Hall–Kier alpha value is -2.91. The number of fused-ring (bicyclic) bond motifs is 7. The standard InChI is InChI=1S/C43H68N2O8/c1-26(2)35(36(50)51)45-32(46)11-10-24-44-37(52)43-22-20-38(3,4)25-28(43)27-12-13-30-40(7)18-17-31(53-34(49)15-14-33(47)48)39(5,6)29(40)16-19-42(30,9)41(27,8)21-23-43/h12,26,28-31,35H,10-11,13-25H2,1-9H3,(H,44,52)(H,45,46)(H,47,48)(H,50,51)/t28-,29-,30+,31-,35-,40-,41+,42+,43-/m0/s1. The van der Waals surface area contributed by atoms with Gasteiger partial charge >= 0.3 is 17.9 Å². The molecule has 5 aliphatic rings. The van der Waals surface area contributed by atoms with Crippen molar-refractivity contribution >= 4 is 29.7 Å². The normalized spacial score (nSPS) is 37.4. The van der Waals surface area contributed by atoms with Gasteiger partial charge in [-0.25, -0.2) is 4.79 Å². The van der Waals surface area contributed by atoms with Crippen molar-refractivity contribution in [3.63, 3.8) is 0 Å². The number of carboxylic acid groups (broad SMARTS) is 2. The van der Waals surface area contributed by atoms with Gasteiger partial charge in [0, 0.05) is 18.4 Å². The molecule has 5 aliphatic carbocycles. The Morgan fingerprint density at radius 2 is 1.53 bits per heavy atom. The fraction of sp³-hybridized carbons (Fsp3) is 0.837. The zero-order valence-corrected chi connectivity index (χ0v) is 34.0. The van der Waals surface area contributed by atoms with Gasteiger partial charge in [0.15, 0.2) is 0 Å². The lowest BCUT2D eigenvalue weighted by atomic mass is 9.33. The smallest absolute Gasteiger partial charge is 0.326 e. The maximum Gasteiger partial charge on any atom is 0.326 e. The number of rotatable bonds is 12. The van der Waals surface area contributed by atoms with E-state index in [1.807, 2.05) is 0 Å². The van der Waals surface area contributed by atoms with E-state index in [2.05, 4.69) is 65.2 Å². The summed E-state index contributed by atoms with van der Waals surface area (Å²) in [5.41, 5.74) is 0.933. The monoisotopic (exact) mass is 740 g/mol. The van der Waals surface area contributed by atoms with Crippen LogP contribution in [0.4, 0.5) is 0 Å². The second kappa shape index (κ2) is 14.6. The van der Waals surface area contributed by atoms with E-state index in [1.165, 1.54) is 5.57 Å². The molecular weight excluding hydrogens is 672 g/mol. The summed E-state index contributed by atoms with van der Waals surface area (Å²) in [7, 11) is 0. The van der Waals surface area contributed by atoms with E-state index >= 15 is 0 Å². The first kappa shape index (κ1) is 41.3. The number of ether oxygens (including phenoxy) is 1. The van der Waals surface area contributed by atoms with E-state index in [0.717, 1.165) is 64.2 Å². The van der Waals surface area contributed by atoms with Crippen molar-refractivity contribution in [2.24, 2.45) is 56.2 Å². The Kier molecular flexibility index (Phi) is 11.4. The molecule has 0 bridgehead atoms. The van der Waals surface area contributed by atoms with E-state index in [1.54, 1.807) is 13.8 Å². The average Bonchev–Trinajstić information content (AvgIpc) is 3.05. The average molecular weight is 741 g/mol. The molecule has 9 atom stereocenters. The van der Waals surface area contributed by atoms with Gasteiger partial charge in [-0.2, -0.15) is 0 Å². The molecule has 298 valence electrons. The fourth-order valence-corrected chi connectivity index (χ4v) is 12.6. The Morgan fingerprint density at radius 1 is 0.849 bits per heavy atom. The number of carbonyl (C=O) groups excluding carboxylic acids is 3. The van der Waals surface area contributed by atoms with Crippen LogP contribution in [0.3, 0.4) is 0 Å². The summed E-state index contributed by atoms with van der Waals surface area (Å²) < 4.78 is 6.02. The van der Waals surface area contributed by atoms with Crippen molar-refractivity contribution in [2.75, 3.05) is 6.54 Å². The molecule has 5 rings (SSSR count). The lowest BCUT2D eigenvalue weighted by Gasteiger charge is -2.71. The van der Waals surface area contributed by atoms with Crippen LogP contribution in [0, 0.1) is 56.2 Å². The van der Waals surface area contributed by atoms with E-state index in [4.69, 9.17) is 9.84 Å². The van der Waals surface area contributed by atoms with Gasteiger partial charge in [0.1, 0.15) is 12.1 Å². The fourth-order valence-electron chi connectivity index (χ4n) is 12.6. The molecule has 10 heteroatoms. The lowest BCUT2D eigenvalue weighted by molar-refractivity contribution is -0.213. The summed E-state index contributed by atoms with van der Waals surface area (Å²) >= 11 is 0. The van der Waals surface area contributed by atoms with Crippen LogP contribution in [-0.4, -0.2) is 58.6 Å². The van der Waals surface area contributed by atoms with Gasteiger partial charge in [-0.3, -0.25) is 19.2 Å². The number of esters is 1. The van der Waals surface area contributed by atoms with Crippen LogP contribution in [0.2, 0.25) is 0 Å². The molecule has 0 aromatic rings. The van der Waals surface area contributed by atoms with E-state index in [9.17, 15) is 29.1 Å². The van der Waals surface area contributed by atoms with Crippen LogP contribution in [0.1, 0.15) is 152 Å². The number of carbonyl (C=O) groups is 5. The van der Waals surface area contributed by atoms with Gasteiger partial charge < -0.3 is 25.6 Å². The van der Waals surface area contributed by atoms with E-state index in [0.29, 0.717) is 24.8 Å². The third-order valence-electron chi connectivity index (χ3n) is 16.0. The largest absolute Gasteiger partial charge is 0.481 e. The summed E-state index contributed by atoms with van der Waals surface area (Å²) in [6, 6.07) is -0.926. The highest BCUT2D eigenvalue weighted by Crippen LogP contribution is 2.75. The Labute approximate surface area is 317 Å². The van der Waals surface area contributed by atoms with Gasteiger partial charge in [0.2, 0.25) is 11.8 Å². The maximum absolute atomic E-state index is 14.4. The van der Waals surface area contributed by atoms with Crippen LogP contribution in [-0.2, 0) is 28.7 Å². The Morgan fingerprint density at radius 3 is 2.17 bits per heavy atom. The molecule has 0 radical (unpaired) electrons. The molecule has 4 saturated carbocycles. The van der Waals surface area contributed by atoms with Crippen molar-refractivity contribution < 1.29 is 38.9 Å². The van der Waals surface area contributed by atoms with Crippen LogP contribution in [0.5, 0.6) is 0 Å². The zero-order valence-electron chi connectivity index (χ0n) is 34.0. The van der Waals surface area contributed by atoms with E-state index in [-0.39, 0.29) is 76.1 Å². The molecule has 2 amide bonds. The first-order chi connectivity index (χ1) is 24.5. The molecular formula is C43H68N2O8. The first-order valence-electron chi connectivity index (χ1n) is 20.5. The zero-order chi connectivity index (χ0) is 39.4. The summed E-state index contributed by atoms with van der Waals surface area (Å²) in [6.07, 6.45) is 12.1. The number of allylic oxidation sites excluding steroid dienone is 2. The van der Waals surface area contributed by atoms with Crippen LogP contribution < -0.4 is 10.6 Å². The van der Waals surface area contributed by atoms with Crippen molar-refractivity contribution in [1.82, 2.24) is 10.6 Å². The van der Waals surface area contributed by atoms with Crippen molar-refractivity contribution in [3.05, 3.63) is 11.6 Å². The molecule has 10 nitrogen and oxygen atoms in total. The third kappa shape index (κ3) is 7.30. The number of aliphatic carboxylic acids is 2. The quantitative estimate of drug-likeness (QED) is 0.0901. The summed E-state index contributed by atoms with van der Waals surface area (Å²) in [6.45, 7) is 20.6. The molecule has 0 heterocycles. The Balaban J connectivity index is 1.34. The number of hydrogen-bond acceptors (Lipinski definition) is 6. The lowest BCUT2D eigenvalue weighted by Crippen LogP contribution is -2.65. The SMILES string of the molecule is CC(C)[C@H](NC(=O)CCCNC(=O)[C@]12CCC(C)(C)C[C@H]1C1=CC[C@@H]3[C@@]4(C)CC[C@H](OC(=O)CCC(=O)O)C(C)(C)[C@@H]4CC[C@@]3(C)[C@]1(C)CC2)C(=O)O. The number of carboxylic acids is 2. The van der Waals surface area contributed by atoms with Gasteiger partial charge in [0.05, 0.1) is 18.3 Å². The predicted molar refractivity (Wildman–Crippen MR) is 202 cm³/mol. The minimum absolute atomic E-state index is 0.0464. The summed E-state index contributed by atoms with van der Waals surface area (Å²) in [4.78, 5) is 62.3. The second-order valence-corrected chi connectivity index (χ2v) is 20.1. The molecule has 4 fully saturated rings. The van der Waals surface area contributed by atoms with Crippen molar-refractivity contribution in [2.45, 2.75) is 164 Å². The van der Waals surface area contributed by atoms with Crippen LogP contribution in [0.25, 0.3) is 0 Å². The third-order valence-corrected chi connectivity index (χ3v) is 16.0. The topological polar surface area (TPSA) is 159 Å². The minimum Gasteiger partial charge on any atom is -0.481 e. The number of hydrogen-bond donors (Lipinski definition) is 4. The highest BCUT2D eigenvalue weighted by molar-refractivity contribution is 5.85. The van der Waals surface area contributed by atoms with Crippen molar-refractivity contribution in [1.29, 1.82) is 0 Å². The van der Waals surface area contributed by atoms with Gasteiger partial charge in [-0.15, -0.1) is 0 Å². The molecule has 0 spiro atoms. The van der Waals surface area contributed by atoms with Crippen LogP contribution >= 0.6 is 0 Å². The molecule has 0 aromatic carbocycles. The van der Waals surface area contributed by atoms with E-state index < -0.39 is 29.4 Å². The molecule has 4 N–H and O–H groups in total. The number of nitrogens with one attached hydrogen (secondary N) is 2. The second-order valence-electron chi connectivity index (χ2n) is 20.1. The first-order valence-corrected chi connectivity index (χ1v) is 20.5. The maximum atomic E-state index is 14.4. The molecule has 0 aromatic heterocycles. The summed E-state index contributed by atoms with van der Waals surface area (Å²) in [5, 5.41) is 24.4. The molecule has 0 unspecified atom stereocenters. The highest BCUT2D eigenvalue weighted by atomic mass is 16.5. The summed E-state index contributed by atoms with van der Waals surface area (Å²) in [5.74, 6) is -1.91. The number of amides is 2. The van der Waals surface area contributed by atoms with Crippen LogP contribution in [0.15, 0.2) is 11.6 Å². The predicted octanol–water partition coefficient (Wildman–Crippen LogP) is 7.69. The molecule has 53 heavy (non-hydrogen) atoms. The van der Waals surface area contributed by atoms with Crippen molar-refractivity contribution in [3.8, 4) is 0 Å². The van der Waals surface area contributed by atoms with Gasteiger partial charge in [-0.1, -0.05) is 74.0 Å².